The molecule has 1 aliphatic heterocycles. The Morgan fingerprint density at radius 3 is 2.24 bits per heavy atom. The predicted octanol–water partition coefficient (Wildman–Crippen LogP) is 3.41. The molecule has 1 amide bonds. The summed E-state index contributed by atoms with van der Waals surface area (Å²) in [6.45, 7) is 0.0528. The van der Waals surface area contributed by atoms with Crippen LogP contribution in [0.5, 0.6) is 5.75 Å². The molecule has 3 aromatic rings. The van der Waals surface area contributed by atoms with Crippen molar-refractivity contribution in [3.63, 3.8) is 0 Å². The number of phenols is 1. The monoisotopic (exact) mass is 472 g/mol. The zero-order valence-electron chi connectivity index (χ0n) is 17.6. The van der Waals surface area contributed by atoms with E-state index in [0.29, 0.717) is 12.5 Å². The van der Waals surface area contributed by atoms with Crippen LogP contribution in [-0.2, 0) is 16.4 Å². The molecule has 0 bridgehead atoms. The number of carbonyl (C=O) groups is 1. The van der Waals surface area contributed by atoms with Crippen LogP contribution in [-0.4, -0.2) is 54.8 Å². The van der Waals surface area contributed by atoms with E-state index in [1.807, 2.05) is 30.3 Å². The number of hydrogen-bond acceptors (Lipinski definition) is 4. The highest BCUT2D eigenvalue weighted by atomic mass is 32.2. The van der Waals surface area contributed by atoms with Gasteiger partial charge >= 0.3 is 0 Å². The van der Waals surface area contributed by atoms with Crippen LogP contribution in [0.4, 0.5) is 8.78 Å². The number of sulfonamides is 1. The second kappa shape index (κ2) is 9.29. The van der Waals surface area contributed by atoms with E-state index in [2.05, 4.69) is 0 Å². The van der Waals surface area contributed by atoms with E-state index in [4.69, 9.17) is 0 Å². The summed E-state index contributed by atoms with van der Waals surface area (Å²) in [4.78, 5) is 13.9. The van der Waals surface area contributed by atoms with Crippen molar-refractivity contribution in [2.75, 3.05) is 26.2 Å². The lowest BCUT2D eigenvalue weighted by atomic mass is 10.0. The normalized spacial score (nSPS) is 14.9. The Balaban J connectivity index is 1.47. The minimum atomic E-state index is -4.17. The zero-order chi connectivity index (χ0) is 23.6. The highest BCUT2D eigenvalue weighted by Gasteiger charge is 2.32. The number of benzene rings is 3. The maximum absolute atomic E-state index is 14.0. The molecule has 172 valence electrons. The van der Waals surface area contributed by atoms with E-state index in [-0.39, 0.29) is 37.5 Å². The standard InChI is InChI=1S/C24H22F2N2O4S/c25-19-7-9-23(21(26)16-19)33(31,32)28-12-10-27(11-13-28)24(30)20-15-18(6-8-22(20)29)14-17-4-2-1-3-5-17/h1-9,15-16,29H,10-14H2. The van der Waals surface area contributed by atoms with Crippen LogP contribution in [0.25, 0.3) is 0 Å². The first-order valence-corrected chi connectivity index (χ1v) is 11.8. The van der Waals surface area contributed by atoms with Crippen molar-refractivity contribution in [2.45, 2.75) is 11.3 Å². The Morgan fingerprint density at radius 2 is 1.58 bits per heavy atom. The van der Waals surface area contributed by atoms with Gasteiger partial charge in [-0.25, -0.2) is 17.2 Å². The van der Waals surface area contributed by atoms with Gasteiger partial charge in [0.2, 0.25) is 10.0 Å². The van der Waals surface area contributed by atoms with Crippen molar-refractivity contribution in [2.24, 2.45) is 0 Å². The first-order chi connectivity index (χ1) is 15.8. The summed E-state index contributed by atoms with van der Waals surface area (Å²) in [5.74, 6) is -2.59. The van der Waals surface area contributed by atoms with Gasteiger partial charge in [-0.2, -0.15) is 4.31 Å². The summed E-state index contributed by atoms with van der Waals surface area (Å²) in [6, 6.07) is 16.9. The molecule has 3 aromatic carbocycles. The molecule has 4 rings (SSSR count). The van der Waals surface area contributed by atoms with Crippen molar-refractivity contribution >= 4 is 15.9 Å². The SMILES string of the molecule is O=C(c1cc(Cc2ccccc2)ccc1O)N1CCN(S(=O)(=O)c2ccc(F)cc2F)CC1. The van der Waals surface area contributed by atoms with Gasteiger partial charge in [-0.3, -0.25) is 4.79 Å². The first kappa shape index (κ1) is 22.9. The van der Waals surface area contributed by atoms with Gasteiger partial charge < -0.3 is 10.0 Å². The van der Waals surface area contributed by atoms with Crippen LogP contribution in [0, 0.1) is 11.6 Å². The fraction of sp³-hybridized carbons (Fsp3) is 0.208. The van der Waals surface area contributed by atoms with Gasteiger partial charge in [-0.1, -0.05) is 36.4 Å². The number of nitrogens with zero attached hydrogens (tertiary/aromatic N) is 2. The number of halogens is 2. The van der Waals surface area contributed by atoms with E-state index < -0.39 is 32.5 Å². The smallest absolute Gasteiger partial charge is 0.257 e. The molecule has 9 heteroatoms. The minimum absolute atomic E-state index is 0.0463. The number of phenolic OH excluding ortho intramolecular Hbond substituents is 1. The fourth-order valence-corrected chi connectivity index (χ4v) is 5.29. The number of rotatable bonds is 5. The lowest BCUT2D eigenvalue weighted by molar-refractivity contribution is 0.0694. The van der Waals surface area contributed by atoms with Gasteiger partial charge in [0, 0.05) is 32.2 Å². The molecule has 0 saturated carbocycles. The first-order valence-electron chi connectivity index (χ1n) is 10.4. The molecule has 0 atom stereocenters. The number of aromatic hydroxyl groups is 1. The second-order valence-electron chi connectivity index (χ2n) is 7.78. The topological polar surface area (TPSA) is 77.9 Å². The molecule has 1 N–H and O–H groups in total. The Labute approximate surface area is 190 Å². The predicted molar refractivity (Wildman–Crippen MR) is 118 cm³/mol. The summed E-state index contributed by atoms with van der Waals surface area (Å²) >= 11 is 0. The van der Waals surface area contributed by atoms with E-state index in [9.17, 15) is 27.1 Å². The Morgan fingerprint density at radius 1 is 0.879 bits per heavy atom. The molecule has 0 aromatic heterocycles. The highest BCUT2D eigenvalue weighted by molar-refractivity contribution is 7.89. The molecular weight excluding hydrogens is 450 g/mol. The molecule has 1 saturated heterocycles. The third kappa shape index (κ3) is 4.89. The Kier molecular flexibility index (Phi) is 6.44. The third-order valence-electron chi connectivity index (χ3n) is 5.58. The molecule has 1 heterocycles. The highest BCUT2D eigenvalue weighted by Crippen LogP contribution is 2.25. The zero-order valence-corrected chi connectivity index (χ0v) is 18.4. The van der Waals surface area contributed by atoms with Gasteiger partial charge in [-0.15, -0.1) is 0 Å². The maximum atomic E-state index is 14.0. The maximum Gasteiger partial charge on any atom is 0.257 e. The fourth-order valence-electron chi connectivity index (χ4n) is 3.82. The molecule has 0 spiro atoms. The van der Waals surface area contributed by atoms with Gasteiger partial charge in [0.1, 0.15) is 22.3 Å². The molecule has 0 radical (unpaired) electrons. The number of piperazine rings is 1. The van der Waals surface area contributed by atoms with Crippen LogP contribution in [0.15, 0.2) is 71.6 Å². The van der Waals surface area contributed by atoms with E-state index in [0.717, 1.165) is 27.6 Å². The summed E-state index contributed by atoms with van der Waals surface area (Å²) in [7, 11) is -4.17. The van der Waals surface area contributed by atoms with Crippen LogP contribution in [0.1, 0.15) is 21.5 Å². The van der Waals surface area contributed by atoms with E-state index in [1.54, 1.807) is 12.1 Å². The summed E-state index contributed by atoms with van der Waals surface area (Å²) in [5.41, 5.74) is 2.06. The van der Waals surface area contributed by atoms with Gasteiger partial charge in [0.25, 0.3) is 5.91 Å². The summed E-state index contributed by atoms with van der Waals surface area (Å²) in [6.07, 6.45) is 0.594. The molecule has 6 nitrogen and oxygen atoms in total. The van der Waals surface area contributed by atoms with Crippen LogP contribution in [0.2, 0.25) is 0 Å². The van der Waals surface area contributed by atoms with E-state index in [1.165, 1.54) is 11.0 Å². The van der Waals surface area contributed by atoms with E-state index >= 15 is 0 Å². The average molecular weight is 473 g/mol. The molecule has 33 heavy (non-hydrogen) atoms. The third-order valence-corrected chi connectivity index (χ3v) is 7.51. The van der Waals surface area contributed by atoms with Gasteiger partial charge in [0.15, 0.2) is 0 Å². The van der Waals surface area contributed by atoms with Crippen molar-refractivity contribution in [1.82, 2.24) is 9.21 Å². The van der Waals surface area contributed by atoms with Crippen LogP contribution >= 0.6 is 0 Å². The Bertz CT molecular complexity index is 1270. The minimum Gasteiger partial charge on any atom is -0.507 e. The molecule has 0 aliphatic carbocycles. The van der Waals surface area contributed by atoms with Crippen LogP contribution in [0.3, 0.4) is 0 Å². The number of carbonyl (C=O) groups excluding carboxylic acids is 1. The summed E-state index contributed by atoms with van der Waals surface area (Å²) < 4.78 is 53.8. The van der Waals surface area contributed by atoms with Crippen molar-refractivity contribution in [3.05, 3.63) is 95.1 Å². The average Bonchev–Trinajstić information content (AvgIpc) is 2.80. The van der Waals surface area contributed by atoms with Gasteiger partial charge in [-0.05, 0) is 41.8 Å². The number of amides is 1. The largest absolute Gasteiger partial charge is 0.507 e. The summed E-state index contributed by atoms with van der Waals surface area (Å²) in [5, 5.41) is 10.3. The second-order valence-corrected chi connectivity index (χ2v) is 9.69. The quantitative estimate of drug-likeness (QED) is 0.618. The van der Waals surface area contributed by atoms with Gasteiger partial charge in [0.05, 0.1) is 5.56 Å². The van der Waals surface area contributed by atoms with Crippen LogP contribution < -0.4 is 0 Å². The molecule has 1 aliphatic rings. The lowest BCUT2D eigenvalue weighted by Crippen LogP contribution is -2.50. The van der Waals surface area contributed by atoms with Crippen molar-refractivity contribution in [3.8, 4) is 5.75 Å². The molecule has 1 fully saturated rings. The lowest BCUT2D eigenvalue weighted by Gasteiger charge is -2.34. The number of hydrogen-bond donors (Lipinski definition) is 1. The van der Waals surface area contributed by atoms with Crippen molar-refractivity contribution < 1.29 is 27.1 Å². The molecular formula is C24H22F2N2O4S. The van der Waals surface area contributed by atoms with Crippen molar-refractivity contribution in [1.29, 1.82) is 0 Å². The molecule has 0 unspecified atom stereocenters. The Hall–Kier alpha value is -3.30.